The van der Waals surface area contributed by atoms with Gasteiger partial charge in [-0.3, -0.25) is 4.79 Å². The van der Waals surface area contributed by atoms with E-state index in [9.17, 15) is 9.90 Å². The van der Waals surface area contributed by atoms with E-state index in [4.69, 9.17) is 5.73 Å². The van der Waals surface area contributed by atoms with Crippen molar-refractivity contribution in [3.05, 3.63) is 11.8 Å². The topological polar surface area (TPSA) is 113 Å². The zero-order valence-corrected chi connectivity index (χ0v) is 23.1. The number of carbonyl (C=O) groups is 1. The lowest BCUT2D eigenvalue weighted by Crippen LogP contribution is -2.72. The summed E-state index contributed by atoms with van der Waals surface area (Å²) in [6, 6.07) is 0. The third kappa shape index (κ3) is 4.21. The fraction of sp³-hybridized carbons (Fsp3) is 0.688. The third-order valence-corrected chi connectivity index (χ3v) is 9.61. The highest BCUT2D eigenvalue weighted by molar-refractivity contribution is 6.67. The average molecular weight is 440 g/mol. The number of rotatable bonds is 5. The molecule has 1 aliphatic rings. The van der Waals surface area contributed by atoms with Crippen molar-refractivity contribution in [2.75, 3.05) is 10.6 Å². The molecule has 168 valence electrons. The minimum absolute atomic E-state index is 0.139. The van der Waals surface area contributed by atoms with Crippen LogP contribution in [0.15, 0.2) is 6.20 Å². The second-order valence-corrected chi connectivity index (χ2v) is 13.5. The third-order valence-electron chi connectivity index (χ3n) is 9.61. The molecule has 4 atom stereocenters. The van der Waals surface area contributed by atoms with Gasteiger partial charge in [-0.05, 0) is 32.0 Å². The molecule has 1 aromatic heterocycles. The first kappa shape index (κ1) is 28.0. The molecule has 1 fully saturated rings. The zero-order valence-electron chi connectivity index (χ0n) is 23.1. The number of hydrogen-bond donors (Lipinski definition) is 4. The van der Waals surface area contributed by atoms with Gasteiger partial charge in [0.05, 0.1) is 44.8 Å². The Morgan fingerprint density at radius 1 is 1.09 bits per heavy atom. The molecule has 1 aromatic rings. The lowest BCUT2D eigenvalue weighted by molar-refractivity contribution is 0.0549. The maximum Gasteiger partial charge on any atom is 0.254 e. The quantitative estimate of drug-likeness (QED) is 0.339. The van der Waals surface area contributed by atoms with E-state index >= 15 is 0 Å². The number of hydrogen-bond acceptors (Lipinski definition) is 6. The number of nitrogens with one attached hydrogen (secondary N) is 2. The van der Waals surface area contributed by atoms with Gasteiger partial charge in [-0.25, -0.2) is 4.98 Å². The van der Waals surface area contributed by atoms with Crippen molar-refractivity contribution in [1.82, 2.24) is 9.97 Å². The molecule has 1 saturated carbocycles. The van der Waals surface area contributed by atoms with Gasteiger partial charge in [0.25, 0.3) is 5.91 Å². The highest BCUT2D eigenvalue weighted by Crippen LogP contribution is 2.75. The van der Waals surface area contributed by atoms with Gasteiger partial charge in [0.15, 0.2) is 0 Å². The molecule has 1 amide bonds. The first-order valence-corrected chi connectivity index (χ1v) is 12.0. The maximum atomic E-state index is 12.3. The van der Waals surface area contributed by atoms with Crippen molar-refractivity contribution in [3.8, 4) is 0 Å². The Kier molecular flexibility index (Phi) is 6.93. The smallest absolute Gasteiger partial charge is 0.254 e. The van der Waals surface area contributed by atoms with Crippen LogP contribution in [0.1, 0.15) is 31.1 Å². The number of aromatic nitrogens is 2. The van der Waals surface area contributed by atoms with E-state index in [1.165, 1.54) is 6.20 Å². The number of carbonyl (C=O) groups excluding carboxylic acids is 1. The highest BCUT2D eigenvalue weighted by atomic mass is 16.3. The van der Waals surface area contributed by atoms with E-state index in [1.807, 2.05) is 20.8 Å². The summed E-state index contributed by atoms with van der Waals surface area (Å²) in [5, 5.41) is 17.6. The Bertz CT molecular complexity index is 937. The first-order chi connectivity index (χ1) is 14.5. The standard InChI is InChI=1S/C16H37B10N5O2/c1-11(2,3)31-10-28-4-5(8(27)33)9(29-10)30-13(19)6(17)7(32)12(18,16(24,25)26)14(20,21)15(13,22)23/h4,6-7,32H,17-26H2,1-3H3,(H2,27,33)(H2,28,29,30,31). The van der Waals surface area contributed by atoms with E-state index in [2.05, 4.69) is 99.1 Å². The lowest BCUT2D eigenvalue weighted by Gasteiger charge is -2.74. The number of nitrogens with zero attached hydrogens (tertiary/aromatic N) is 2. The second kappa shape index (κ2) is 8.17. The average Bonchev–Trinajstić information content (AvgIpc) is 2.62. The van der Waals surface area contributed by atoms with Crippen LogP contribution >= 0.6 is 0 Å². The van der Waals surface area contributed by atoms with Gasteiger partial charge < -0.3 is 21.5 Å². The number of amides is 1. The predicted octanol–water partition coefficient (Wildman–Crippen LogP) is -8.15. The molecule has 0 bridgehead atoms. The lowest BCUT2D eigenvalue weighted by atomic mass is 9.05. The molecule has 0 radical (unpaired) electrons. The van der Waals surface area contributed by atoms with Gasteiger partial charge in [-0.2, -0.15) is 4.98 Å². The minimum atomic E-state index is -0.613. The van der Waals surface area contributed by atoms with Crippen LogP contribution in [-0.4, -0.2) is 117 Å². The molecule has 1 aliphatic carbocycles. The summed E-state index contributed by atoms with van der Waals surface area (Å²) in [4.78, 5) is 21.2. The molecule has 0 spiro atoms. The fourth-order valence-corrected chi connectivity index (χ4v) is 6.00. The Labute approximate surface area is 208 Å². The van der Waals surface area contributed by atoms with Gasteiger partial charge in [0.1, 0.15) is 45.0 Å². The largest absolute Gasteiger partial charge is 0.394 e. The van der Waals surface area contributed by atoms with Crippen LogP contribution < -0.4 is 16.4 Å². The normalized spacial score (nSPS) is 31.4. The number of nitrogens with two attached hydrogens (primary N) is 1. The van der Waals surface area contributed by atoms with Crippen LogP contribution in [0.3, 0.4) is 0 Å². The Balaban J connectivity index is 2.70. The van der Waals surface area contributed by atoms with Crippen LogP contribution in [0.4, 0.5) is 11.8 Å². The zero-order chi connectivity index (χ0) is 26.0. The molecule has 4 unspecified atom stereocenters. The number of aliphatic hydroxyl groups excluding tert-OH is 1. The highest BCUT2D eigenvalue weighted by Gasteiger charge is 2.68. The fourth-order valence-electron chi connectivity index (χ4n) is 6.00. The van der Waals surface area contributed by atoms with Crippen LogP contribution in [0, 0.1) is 0 Å². The molecule has 0 aliphatic heterocycles. The summed E-state index contributed by atoms with van der Waals surface area (Å²) in [5.41, 5.74) is 5.06. The van der Waals surface area contributed by atoms with Crippen molar-refractivity contribution < 1.29 is 9.90 Å². The molecular weight excluding hydrogens is 402 g/mol. The monoisotopic (exact) mass is 441 g/mol. The summed E-state index contributed by atoms with van der Waals surface area (Å²) in [6.07, 6.45) is 0.875. The van der Waals surface area contributed by atoms with Crippen LogP contribution in [0.25, 0.3) is 0 Å². The van der Waals surface area contributed by atoms with Gasteiger partial charge in [-0.1, -0.05) is 15.7 Å². The molecule has 1 heterocycles. The van der Waals surface area contributed by atoms with Gasteiger partial charge in [-0.15, -0.1) is 5.11 Å². The van der Waals surface area contributed by atoms with Gasteiger partial charge >= 0.3 is 0 Å². The minimum Gasteiger partial charge on any atom is -0.394 e. The molecular formula is C16H37B10N5O2. The van der Waals surface area contributed by atoms with E-state index in [1.54, 1.807) is 0 Å². The van der Waals surface area contributed by atoms with Crippen LogP contribution in [0.2, 0.25) is 26.7 Å². The van der Waals surface area contributed by atoms with Crippen molar-refractivity contribution in [1.29, 1.82) is 0 Å². The number of aliphatic hydroxyl groups is 1. The molecule has 2 rings (SSSR count). The molecule has 17 heteroatoms. The van der Waals surface area contributed by atoms with Crippen molar-refractivity contribution in [3.63, 3.8) is 0 Å². The van der Waals surface area contributed by atoms with E-state index in [-0.39, 0.29) is 37.8 Å². The number of anilines is 2. The summed E-state index contributed by atoms with van der Waals surface area (Å²) in [5.74, 6) is 0.0525. The molecule has 5 N–H and O–H groups in total. The van der Waals surface area contributed by atoms with Crippen molar-refractivity contribution in [2.45, 2.75) is 64.5 Å². The number of primary amides is 1. The molecule has 33 heavy (non-hydrogen) atoms. The Morgan fingerprint density at radius 2 is 1.61 bits per heavy atom. The summed E-state index contributed by atoms with van der Waals surface area (Å²) >= 11 is 0. The van der Waals surface area contributed by atoms with Crippen LogP contribution in [0.5, 0.6) is 0 Å². The van der Waals surface area contributed by atoms with Crippen LogP contribution in [-0.2, 0) is 0 Å². The van der Waals surface area contributed by atoms with E-state index in [0.717, 1.165) is 0 Å². The summed E-state index contributed by atoms with van der Waals surface area (Å²) < 4.78 is 0. The van der Waals surface area contributed by atoms with Crippen molar-refractivity contribution >= 4 is 96.1 Å². The summed E-state index contributed by atoms with van der Waals surface area (Å²) in [7, 11) is 22.0. The van der Waals surface area contributed by atoms with Gasteiger partial charge in [0, 0.05) is 17.8 Å². The molecule has 7 nitrogen and oxygen atoms in total. The molecule has 0 saturated heterocycles. The first-order valence-electron chi connectivity index (χ1n) is 12.0. The predicted molar refractivity (Wildman–Crippen MR) is 166 cm³/mol. The summed E-state index contributed by atoms with van der Waals surface area (Å²) in [6.45, 7) is 6.06. The van der Waals surface area contributed by atoms with E-state index in [0.29, 0.717) is 11.8 Å². The SMILES string of the molecule is BC1C(O)C(B)(C(B)(B)B)C(B)(B)C(B)(B)C1(B)Nc1nc(NC(C)(C)C)ncc1C(N)=O. The van der Waals surface area contributed by atoms with Gasteiger partial charge in [0.2, 0.25) is 5.95 Å². The maximum absolute atomic E-state index is 12.3. The Morgan fingerprint density at radius 3 is 2.03 bits per heavy atom. The molecule has 0 aromatic carbocycles. The second-order valence-electron chi connectivity index (χ2n) is 13.5. The Hall–Kier alpha value is -1.24. The van der Waals surface area contributed by atoms with E-state index < -0.39 is 17.4 Å². The van der Waals surface area contributed by atoms with Crippen molar-refractivity contribution in [2.24, 2.45) is 5.73 Å².